The lowest BCUT2D eigenvalue weighted by atomic mass is 10.1. The molecule has 0 aliphatic carbocycles. The second-order valence-electron chi connectivity index (χ2n) is 6.73. The summed E-state index contributed by atoms with van der Waals surface area (Å²) >= 11 is 1.82. The maximum absolute atomic E-state index is 12.3. The summed E-state index contributed by atoms with van der Waals surface area (Å²) in [4.78, 5) is 12.3. The van der Waals surface area contributed by atoms with Crippen LogP contribution < -0.4 is 5.32 Å². The highest BCUT2D eigenvalue weighted by Gasteiger charge is 2.07. The van der Waals surface area contributed by atoms with Crippen molar-refractivity contribution in [2.24, 2.45) is 0 Å². The van der Waals surface area contributed by atoms with Gasteiger partial charge in [0, 0.05) is 23.6 Å². The number of para-hydroxylation sites is 1. The highest BCUT2D eigenvalue weighted by Crippen LogP contribution is 2.13. The first-order valence-electron chi connectivity index (χ1n) is 9.56. The fourth-order valence-corrected chi connectivity index (χ4v) is 3.89. The molecule has 1 heterocycles. The van der Waals surface area contributed by atoms with Gasteiger partial charge in [0.25, 0.3) is 5.91 Å². The number of hydrogen-bond acceptors (Lipinski definition) is 4. The predicted octanol–water partition coefficient (Wildman–Crippen LogP) is 4.14. The number of thioether (sulfide) groups is 1. The molecule has 3 aromatic carbocycles. The fraction of sp³-hybridized carbons (Fsp3) is 0.174. The van der Waals surface area contributed by atoms with E-state index in [-0.39, 0.29) is 5.91 Å². The SMILES string of the molecule is O=C(NCCSCc1ccccc1)c1ccc(Cn2nnc3ccccc32)cc1. The topological polar surface area (TPSA) is 59.8 Å². The molecule has 4 aromatic rings. The zero-order valence-corrected chi connectivity index (χ0v) is 16.8. The number of fused-ring (bicyclic) bond motifs is 1. The van der Waals surface area contributed by atoms with Crippen molar-refractivity contribution in [2.45, 2.75) is 12.3 Å². The number of aromatic nitrogens is 3. The average molecular weight is 403 g/mol. The van der Waals surface area contributed by atoms with E-state index in [1.807, 2.05) is 83.2 Å². The van der Waals surface area contributed by atoms with Gasteiger partial charge >= 0.3 is 0 Å². The van der Waals surface area contributed by atoms with Crippen LogP contribution in [-0.4, -0.2) is 33.2 Å². The van der Waals surface area contributed by atoms with Crippen LogP contribution in [-0.2, 0) is 12.3 Å². The summed E-state index contributed by atoms with van der Waals surface area (Å²) in [7, 11) is 0. The van der Waals surface area contributed by atoms with E-state index in [0.29, 0.717) is 18.7 Å². The zero-order chi connectivity index (χ0) is 19.9. The molecule has 146 valence electrons. The van der Waals surface area contributed by atoms with E-state index in [4.69, 9.17) is 0 Å². The standard InChI is InChI=1S/C23H22N4OS/c28-23(24-14-15-29-17-19-6-2-1-3-7-19)20-12-10-18(11-13-20)16-27-22-9-5-4-8-21(22)25-26-27/h1-13H,14-17H2,(H,24,28). The minimum Gasteiger partial charge on any atom is -0.351 e. The number of benzene rings is 3. The number of rotatable bonds is 8. The molecule has 29 heavy (non-hydrogen) atoms. The predicted molar refractivity (Wildman–Crippen MR) is 118 cm³/mol. The number of amides is 1. The maximum Gasteiger partial charge on any atom is 0.251 e. The van der Waals surface area contributed by atoms with Crippen LogP contribution in [0.4, 0.5) is 0 Å². The summed E-state index contributed by atoms with van der Waals surface area (Å²) in [6.45, 7) is 1.28. The monoisotopic (exact) mass is 402 g/mol. The summed E-state index contributed by atoms with van der Waals surface area (Å²) in [6, 6.07) is 25.9. The largest absolute Gasteiger partial charge is 0.351 e. The first kappa shape index (κ1) is 19.2. The second-order valence-corrected chi connectivity index (χ2v) is 7.83. The Morgan fingerprint density at radius 3 is 2.48 bits per heavy atom. The van der Waals surface area contributed by atoms with E-state index in [0.717, 1.165) is 28.1 Å². The first-order valence-corrected chi connectivity index (χ1v) is 10.7. The number of carbonyl (C=O) groups is 1. The van der Waals surface area contributed by atoms with Crippen LogP contribution in [0.1, 0.15) is 21.5 Å². The Balaban J connectivity index is 1.25. The molecule has 1 aromatic heterocycles. The van der Waals surface area contributed by atoms with Crippen LogP contribution in [0.2, 0.25) is 0 Å². The summed E-state index contributed by atoms with van der Waals surface area (Å²) < 4.78 is 1.87. The minimum absolute atomic E-state index is 0.0388. The molecule has 0 bridgehead atoms. The van der Waals surface area contributed by atoms with E-state index in [1.54, 1.807) is 0 Å². The Morgan fingerprint density at radius 2 is 1.66 bits per heavy atom. The normalized spacial score (nSPS) is 10.9. The number of carbonyl (C=O) groups excluding carboxylic acids is 1. The third kappa shape index (κ3) is 5.03. The summed E-state index contributed by atoms with van der Waals surface area (Å²) in [5.74, 6) is 1.81. The van der Waals surface area contributed by atoms with Gasteiger partial charge in [0.2, 0.25) is 0 Å². The van der Waals surface area contributed by atoms with Crippen molar-refractivity contribution < 1.29 is 4.79 Å². The van der Waals surface area contributed by atoms with Crippen LogP contribution in [0.15, 0.2) is 78.9 Å². The first-order chi connectivity index (χ1) is 14.3. The Labute approximate surface area is 174 Å². The molecular weight excluding hydrogens is 380 g/mol. The van der Waals surface area contributed by atoms with Gasteiger partial charge in [-0.25, -0.2) is 4.68 Å². The van der Waals surface area contributed by atoms with Crippen molar-refractivity contribution in [3.05, 3.63) is 95.6 Å². The summed E-state index contributed by atoms with van der Waals surface area (Å²) in [6.07, 6.45) is 0. The van der Waals surface area contributed by atoms with Gasteiger partial charge in [0.15, 0.2) is 0 Å². The molecule has 6 heteroatoms. The third-order valence-corrected chi connectivity index (χ3v) is 5.64. The smallest absolute Gasteiger partial charge is 0.251 e. The van der Waals surface area contributed by atoms with Crippen molar-refractivity contribution >= 4 is 28.7 Å². The molecule has 1 amide bonds. The molecule has 0 saturated heterocycles. The van der Waals surface area contributed by atoms with Gasteiger partial charge in [-0.1, -0.05) is 59.8 Å². The van der Waals surface area contributed by atoms with Crippen molar-refractivity contribution in [1.82, 2.24) is 20.3 Å². The van der Waals surface area contributed by atoms with E-state index in [2.05, 4.69) is 27.8 Å². The van der Waals surface area contributed by atoms with Gasteiger partial charge < -0.3 is 5.32 Å². The molecule has 0 saturated carbocycles. The number of nitrogens with one attached hydrogen (secondary N) is 1. The fourth-order valence-electron chi connectivity index (χ4n) is 3.07. The molecule has 4 rings (SSSR count). The lowest BCUT2D eigenvalue weighted by Crippen LogP contribution is -2.25. The molecule has 0 aliphatic heterocycles. The van der Waals surface area contributed by atoms with E-state index in [9.17, 15) is 4.79 Å². The second kappa shape index (κ2) is 9.39. The van der Waals surface area contributed by atoms with Gasteiger partial charge in [-0.3, -0.25) is 4.79 Å². The Bertz CT molecular complexity index is 1080. The summed E-state index contributed by atoms with van der Waals surface area (Å²) in [5.41, 5.74) is 4.94. The van der Waals surface area contributed by atoms with Crippen LogP contribution in [0, 0.1) is 0 Å². The molecule has 0 unspecified atom stereocenters. The Kier molecular flexibility index (Phi) is 6.22. The zero-order valence-electron chi connectivity index (χ0n) is 16.0. The van der Waals surface area contributed by atoms with Gasteiger partial charge in [-0.15, -0.1) is 5.10 Å². The van der Waals surface area contributed by atoms with Gasteiger partial charge in [0.1, 0.15) is 5.52 Å². The third-order valence-electron chi connectivity index (χ3n) is 4.61. The van der Waals surface area contributed by atoms with Gasteiger partial charge in [-0.05, 0) is 35.4 Å². The summed E-state index contributed by atoms with van der Waals surface area (Å²) in [5, 5.41) is 11.4. The van der Waals surface area contributed by atoms with Crippen molar-refractivity contribution in [3.63, 3.8) is 0 Å². The van der Waals surface area contributed by atoms with Crippen LogP contribution >= 0.6 is 11.8 Å². The molecule has 0 radical (unpaired) electrons. The highest BCUT2D eigenvalue weighted by atomic mass is 32.2. The van der Waals surface area contributed by atoms with Crippen LogP contribution in [0.25, 0.3) is 11.0 Å². The molecule has 0 spiro atoms. The van der Waals surface area contributed by atoms with Gasteiger partial charge in [0.05, 0.1) is 12.1 Å². The molecular formula is C23H22N4OS. The Hall–Kier alpha value is -3.12. The quantitative estimate of drug-likeness (QED) is 0.450. The molecule has 0 fully saturated rings. The minimum atomic E-state index is -0.0388. The average Bonchev–Trinajstić information content (AvgIpc) is 3.17. The highest BCUT2D eigenvalue weighted by molar-refractivity contribution is 7.98. The van der Waals surface area contributed by atoms with Crippen molar-refractivity contribution in [2.75, 3.05) is 12.3 Å². The van der Waals surface area contributed by atoms with E-state index < -0.39 is 0 Å². The molecule has 5 nitrogen and oxygen atoms in total. The number of nitrogens with zero attached hydrogens (tertiary/aromatic N) is 3. The number of hydrogen-bond donors (Lipinski definition) is 1. The maximum atomic E-state index is 12.3. The van der Waals surface area contributed by atoms with Crippen LogP contribution in [0.3, 0.4) is 0 Å². The Morgan fingerprint density at radius 1 is 0.897 bits per heavy atom. The van der Waals surface area contributed by atoms with Gasteiger partial charge in [-0.2, -0.15) is 11.8 Å². The lowest BCUT2D eigenvalue weighted by molar-refractivity contribution is 0.0956. The lowest BCUT2D eigenvalue weighted by Gasteiger charge is -2.07. The van der Waals surface area contributed by atoms with E-state index >= 15 is 0 Å². The van der Waals surface area contributed by atoms with E-state index in [1.165, 1.54) is 5.56 Å². The van der Waals surface area contributed by atoms with Crippen molar-refractivity contribution in [3.8, 4) is 0 Å². The van der Waals surface area contributed by atoms with Crippen LogP contribution in [0.5, 0.6) is 0 Å². The molecule has 0 aliphatic rings. The molecule has 0 atom stereocenters. The molecule has 1 N–H and O–H groups in total. The van der Waals surface area contributed by atoms with Crippen molar-refractivity contribution in [1.29, 1.82) is 0 Å².